The van der Waals surface area contributed by atoms with Gasteiger partial charge in [0.05, 0.1) is 11.8 Å². The van der Waals surface area contributed by atoms with Crippen LogP contribution >= 0.6 is 0 Å². The molecule has 0 bridgehead atoms. The highest BCUT2D eigenvalue weighted by Crippen LogP contribution is 2.21. The summed E-state index contributed by atoms with van der Waals surface area (Å²) in [6.07, 6.45) is 3.51. The molecule has 3 rings (SSSR count). The zero-order chi connectivity index (χ0) is 13.2. The number of hydrogen-bond donors (Lipinski definition) is 1. The van der Waals surface area contributed by atoms with Crippen molar-refractivity contribution in [3.05, 3.63) is 54.2 Å². The maximum atomic E-state index is 6.10. The van der Waals surface area contributed by atoms with Crippen molar-refractivity contribution >= 4 is 0 Å². The fourth-order valence-electron chi connectivity index (χ4n) is 1.82. The Bertz CT molecular complexity index is 673. The van der Waals surface area contributed by atoms with Crippen LogP contribution < -0.4 is 5.73 Å². The summed E-state index contributed by atoms with van der Waals surface area (Å²) in [6.45, 7) is 0. The van der Waals surface area contributed by atoms with Gasteiger partial charge in [-0.3, -0.25) is 4.68 Å². The molecule has 0 saturated carbocycles. The van der Waals surface area contributed by atoms with Gasteiger partial charge in [-0.2, -0.15) is 10.1 Å². The number of aromatic nitrogens is 4. The third kappa shape index (κ3) is 2.25. The lowest BCUT2D eigenvalue weighted by molar-refractivity contribution is 0.367. The van der Waals surface area contributed by atoms with E-state index in [2.05, 4.69) is 15.2 Å². The lowest BCUT2D eigenvalue weighted by atomic mass is 10.1. The van der Waals surface area contributed by atoms with Gasteiger partial charge in [0.25, 0.3) is 0 Å². The summed E-state index contributed by atoms with van der Waals surface area (Å²) in [6, 6.07) is 9.22. The van der Waals surface area contributed by atoms with Gasteiger partial charge in [-0.05, 0) is 5.56 Å². The molecular formula is C13H13N5O. The molecule has 0 unspecified atom stereocenters. The summed E-state index contributed by atoms with van der Waals surface area (Å²) in [5.74, 6) is 0.888. The van der Waals surface area contributed by atoms with Crippen molar-refractivity contribution < 1.29 is 4.52 Å². The highest BCUT2D eigenvalue weighted by atomic mass is 16.5. The van der Waals surface area contributed by atoms with Gasteiger partial charge in [-0.15, -0.1) is 0 Å². The maximum absolute atomic E-state index is 6.10. The van der Waals surface area contributed by atoms with E-state index in [4.69, 9.17) is 10.3 Å². The number of nitrogens with two attached hydrogens (primary N) is 1. The minimum absolute atomic E-state index is 0.394. The summed E-state index contributed by atoms with van der Waals surface area (Å²) < 4.78 is 6.90. The average Bonchev–Trinajstić information content (AvgIpc) is 3.07. The fourth-order valence-corrected chi connectivity index (χ4v) is 1.82. The molecule has 96 valence electrons. The largest absolute Gasteiger partial charge is 0.337 e. The quantitative estimate of drug-likeness (QED) is 0.767. The molecule has 2 heterocycles. The first-order chi connectivity index (χ1) is 9.24. The van der Waals surface area contributed by atoms with Gasteiger partial charge in [0, 0.05) is 13.2 Å². The van der Waals surface area contributed by atoms with Crippen molar-refractivity contribution in [1.82, 2.24) is 19.9 Å². The van der Waals surface area contributed by atoms with Crippen LogP contribution in [0, 0.1) is 0 Å². The molecule has 6 heteroatoms. The summed E-state index contributed by atoms with van der Waals surface area (Å²) in [5, 5.41) is 8.00. The SMILES string of the molecule is Cn1cc(-c2noc([C@@H](N)c3ccccc3)n2)cn1. The number of rotatable bonds is 3. The van der Waals surface area contributed by atoms with Crippen molar-refractivity contribution in [2.24, 2.45) is 12.8 Å². The first-order valence-electron chi connectivity index (χ1n) is 5.87. The van der Waals surface area contributed by atoms with E-state index in [-0.39, 0.29) is 0 Å². The molecule has 0 aliphatic rings. The highest BCUT2D eigenvalue weighted by molar-refractivity contribution is 5.51. The van der Waals surface area contributed by atoms with Gasteiger partial charge < -0.3 is 10.3 Å². The first-order valence-corrected chi connectivity index (χ1v) is 5.87. The lowest BCUT2D eigenvalue weighted by Gasteiger charge is -2.05. The molecule has 6 nitrogen and oxygen atoms in total. The molecular weight excluding hydrogens is 242 g/mol. The van der Waals surface area contributed by atoms with E-state index in [0.717, 1.165) is 11.1 Å². The Labute approximate surface area is 109 Å². The molecule has 0 fully saturated rings. The van der Waals surface area contributed by atoms with Crippen LogP contribution in [0.2, 0.25) is 0 Å². The van der Waals surface area contributed by atoms with Crippen LogP contribution in [0.4, 0.5) is 0 Å². The van der Waals surface area contributed by atoms with Gasteiger partial charge in [-0.25, -0.2) is 0 Å². The Morgan fingerprint density at radius 3 is 2.74 bits per heavy atom. The van der Waals surface area contributed by atoms with E-state index in [1.165, 1.54) is 0 Å². The molecule has 0 spiro atoms. The second-order valence-electron chi connectivity index (χ2n) is 4.25. The normalized spacial score (nSPS) is 12.5. The molecule has 0 radical (unpaired) electrons. The molecule has 19 heavy (non-hydrogen) atoms. The Balaban J connectivity index is 1.89. The molecule has 0 aliphatic carbocycles. The summed E-state index contributed by atoms with van der Waals surface area (Å²) >= 11 is 0. The smallest absolute Gasteiger partial charge is 0.248 e. The second kappa shape index (κ2) is 4.66. The summed E-state index contributed by atoms with van der Waals surface area (Å²) in [5.41, 5.74) is 7.83. The van der Waals surface area contributed by atoms with Gasteiger partial charge in [0.1, 0.15) is 6.04 Å². The topological polar surface area (TPSA) is 82.8 Å². The van der Waals surface area contributed by atoms with Gasteiger partial charge in [0.2, 0.25) is 11.7 Å². The molecule has 0 amide bonds. The highest BCUT2D eigenvalue weighted by Gasteiger charge is 2.17. The third-order valence-corrected chi connectivity index (χ3v) is 2.83. The Kier molecular flexibility index (Phi) is 2.85. The van der Waals surface area contributed by atoms with Crippen LogP contribution in [0.3, 0.4) is 0 Å². The van der Waals surface area contributed by atoms with Crippen LogP contribution in [0.5, 0.6) is 0 Å². The zero-order valence-corrected chi connectivity index (χ0v) is 10.4. The molecule has 3 aromatic rings. The monoisotopic (exact) mass is 255 g/mol. The van der Waals surface area contributed by atoms with Gasteiger partial charge >= 0.3 is 0 Å². The second-order valence-corrected chi connectivity index (χ2v) is 4.25. The first kappa shape index (κ1) is 11.6. The molecule has 2 aromatic heterocycles. The van der Waals surface area contributed by atoms with E-state index in [1.807, 2.05) is 43.6 Å². The summed E-state index contributed by atoms with van der Waals surface area (Å²) in [4.78, 5) is 4.31. The van der Waals surface area contributed by atoms with Crippen molar-refractivity contribution in [2.45, 2.75) is 6.04 Å². The van der Waals surface area contributed by atoms with Crippen molar-refractivity contribution in [2.75, 3.05) is 0 Å². The van der Waals surface area contributed by atoms with Gasteiger partial charge in [0.15, 0.2) is 0 Å². The number of hydrogen-bond acceptors (Lipinski definition) is 5. The van der Waals surface area contributed by atoms with E-state index < -0.39 is 6.04 Å². The van der Waals surface area contributed by atoms with E-state index in [1.54, 1.807) is 10.9 Å². The van der Waals surface area contributed by atoms with Crippen LogP contribution in [-0.4, -0.2) is 19.9 Å². The third-order valence-electron chi connectivity index (χ3n) is 2.83. The minimum Gasteiger partial charge on any atom is -0.337 e. The predicted molar refractivity (Wildman–Crippen MR) is 69.0 cm³/mol. The lowest BCUT2D eigenvalue weighted by Crippen LogP contribution is -2.11. The fraction of sp³-hybridized carbons (Fsp3) is 0.154. The number of aryl methyl sites for hydroxylation is 1. The van der Waals surface area contributed by atoms with Crippen molar-refractivity contribution in [1.29, 1.82) is 0 Å². The zero-order valence-electron chi connectivity index (χ0n) is 10.4. The van der Waals surface area contributed by atoms with E-state index in [0.29, 0.717) is 11.7 Å². The van der Waals surface area contributed by atoms with Crippen LogP contribution in [0.15, 0.2) is 47.2 Å². The Morgan fingerprint density at radius 1 is 1.26 bits per heavy atom. The van der Waals surface area contributed by atoms with E-state index >= 15 is 0 Å². The number of benzene rings is 1. The van der Waals surface area contributed by atoms with Gasteiger partial charge in [-0.1, -0.05) is 35.5 Å². The van der Waals surface area contributed by atoms with Crippen molar-refractivity contribution in [3.8, 4) is 11.4 Å². The van der Waals surface area contributed by atoms with Crippen LogP contribution in [-0.2, 0) is 7.05 Å². The molecule has 1 atom stereocenters. The standard InChI is InChI=1S/C13H13N5O/c1-18-8-10(7-15-18)12-16-13(19-17-12)11(14)9-5-3-2-4-6-9/h2-8,11H,14H2,1H3/t11-/m0/s1. The summed E-state index contributed by atoms with van der Waals surface area (Å²) in [7, 11) is 1.83. The average molecular weight is 255 g/mol. The molecule has 1 aromatic carbocycles. The maximum Gasteiger partial charge on any atom is 0.248 e. The molecule has 2 N–H and O–H groups in total. The minimum atomic E-state index is -0.417. The van der Waals surface area contributed by atoms with E-state index in [9.17, 15) is 0 Å². The predicted octanol–water partition coefficient (Wildman–Crippen LogP) is 1.52. The van der Waals surface area contributed by atoms with Crippen molar-refractivity contribution in [3.63, 3.8) is 0 Å². The van der Waals surface area contributed by atoms with Crippen LogP contribution in [0.25, 0.3) is 11.4 Å². The van der Waals surface area contributed by atoms with Crippen LogP contribution in [0.1, 0.15) is 17.5 Å². The Morgan fingerprint density at radius 2 is 2.05 bits per heavy atom. The Hall–Kier alpha value is -2.47. The molecule has 0 aliphatic heterocycles. The number of nitrogens with zero attached hydrogens (tertiary/aromatic N) is 4. The molecule has 0 saturated heterocycles.